The lowest BCUT2D eigenvalue weighted by molar-refractivity contribution is 0.280. The molecule has 0 aliphatic carbocycles. The molecule has 0 bridgehead atoms. The van der Waals surface area contributed by atoms with Crippen molar-refractivity contribution in [3.8, 4) is 0 Å². The fourth-order valence-corrected chi connectivity index (χ4v) is 2.96. The third kappa shape index (κ3) is 2.18. The third-order valence-electron chi connectivity index (χ3n) is 3.88. The van der Waals surface area contributed by atoms with E-state index < -0.39 is 0 Å². The smallest absolute Gasteiger partial charge is 0.132 e. The van der Waals surface area contributed by atoms with Gasteiger partial charge in [-0.25, -0.2) is 0 Å². The molecule has 1 aromatic heterocycles. The van der Waals surface area contributed by atoms with Crippen LogP contribution in [0.5, 0.6) is 0 Å². The lowest BCUT2D eigenvalue weighted by Crippen LogP contribution is -2.41. The van der Waals surface area contributed by atoms with Crippen LogP contribution in [0.3, 0.4) is 0 Å². The molecule has 1 aliphatic heterocycles. The Bertz CT molecular complexity index is 400. The van der Waals surface area contributed by atoms with Gasteiger partial charge in [0, 0.05) is 25.2 Å². The van der Waals surface area contributed by atoms with Crippen LogP contribution in [0, 0.1) is 12.8 Å². The van der Waals surface area contributed by atoms with Crippen molar-refractivity contribution in [1.82, 2.24) is 9.78 Å². The Kier molecular flexibility index (Phi) is 3.43. The molecule has 2 heterocycles. The third-order valence-corrected chi connectivity index (χ3v) is 3.88. The van der Waals surface area contributed by atoms with Crippen molar-refractivity contribution in [3.05, 3.63) is 11.3 Å². The van der Waals surface area contributed by atoms with Crippen molar-refractivity contribution < 1.29 is 5.11 Å². The largest absolute Gasteiger partial charge is 0.391 e. The first-order chi connectivity index (χ1) is 8.04. The van der Waals surface area contributed by atoms with Crippen molar-refractivity contribution in [2.75, 3.05) is 11.4 Å². The van der Waals surface area contributed by atoms with E-state index in [-0.39, 0.29) is 6.61 Å². The van der Waals surface area contributed by atoms with E-state index in [1.165, 1.54) is 12.8 Å². The molecule has 96 valence electrons. The average molecular weight is 237 g/mol. The van der Waals surface area contributed by atoms with Gasteiger partial charge in [0.05, 0.1) is 12.3 Å². The van der Waals surface area contributed by atoms with Crippen molar-refractivity contribution in [2.45, 2.75) is 46.3 Å². The van der Waals surface area contributed by atoms with Crippen LogP contribution in [-0.2, 0) is 13.7 Å². The summed E-state index contributed by atoms with van der Waals surface area (Å²) >= 11 is 0. The van der Waals surface area contributed by atoms with E-state index >= 15 is 0 Å². The van der Waals surface area contributed by atoms with Gasteiger partial charge in [-0.3, -0.25) is 4.68 Å². The zero-order chi connectivity index (χ0) is 12.6. The van der Waals surface area contributed by atoms with E-state index in [2.05, 4.69) is 23.8 Å². The molecular formula is C13H23N3O. The average Bonchev–Trinajstić information content (AvgIpc) is 2.53. The molecule has 1 fully saturated rings. The Hall–Kier alpha value is -1.03. The van der Waals surface area contributed by atoms with E-state index in [1.54, 1.807) is 0 Å². The maximum Gasteiger partial charge on any atom is 0.132 e. The summed E-state index contributed by atoms with van der Waals surface area (Å²) in [5.41, 5.74) is 1.92. The van der Waals surface area contributed by atoms with Crippen LogP contribution in [0.15, 0.2) is 0 Å². The van der Waals surface area contributed by atoms with Gasteiger partial charge in [-0.05, 0) is 32.6 Å². The number of hydrogen-bond acceptors (Lipinski definition) is 3. The molecule has 2 unspecified atom stereocenters. The van der Waals surface area contributed by atoms with E-state index in [0.717, 1.165) is 29.5 Å². The van der Waals surface area contributed by atoms with Gasteiger partial charge in [0.25, 0.3) is 0 Å². The fourth-order valence-electron chi connectivity index (χ4n) is 2.96. The van der Waals surface area contributed by atoms with Gasteiger partial charge >= 0.3 is 0 Å². The zero-order valence-electron chi connectivity index (χ0n) is 11.3. The monoisotopic (exact) mass is 237 g/mol. The molecule has 1 aliphatic rings. The van der Waals surface area contributed by atoms with Gasteiger partial charge in [-0.15, -0.1) is 0 Å². The first-order valence-corrected chi connectivity index (χ1v) is 6.44. The lowest BCUT2D eigenvalue weighted by atomic mass is 9.93. The van der Waals surface area contributed by atoms with Crippen LogP contribution < -0.4 is 4.90 Å². The number of hydrogen-bond donors (Lipinski definition) is 1. The number of aromatic nitrogens is 2. The highest BCUT2D eigenvalue weighted by molar-refractivity contribution is 5.51. The highest BCUT2D eigenvalue weighted by atomic mass is 16.3. The predicted molar refractivity (Wildman–Crippen MR) is 69.1 cm³/mol. The second-order valence-corrected chi connectivity index (χ2v) is 5.34. The van der Waals surface area contributed by atoms with Gasteiger partial charge < -0.3 is 10.0 Å². The molecule has 4 heteroatoms. The summed E-state index contributed by atoms with van der Waals surface area (Å²) < 4.78 is 1.91. The lowest BCUT2D eigenvalue weighted by Gasteiger charge is -2.38. The summed E-state index contributed by atoms with van der Waals surface area (Å²) in [4.78, 5) is 2.39. The number of nitrogens with zero attached hydrogens (tertiary/aromatic N) is 3. The van der Waals surface area contributed by atoms with Crippen molar-refractivity contribution >= 4 is 5.82 Å². The highest BCUT2D eigenvalue weighted by Gasteiger charge is 2.27. The SMILES string of the molecule is Cc1nn(C)c(N2CCC(C)CC2C)c1CO. The second-order valence-electron chi connectivity index (χ2n) is 5.34. The molecule has 17 heavy (non-hydrogen) atoms. The molecule has 0 saturated carbocycles. The normalized spacial score (nSPS) is 25.4. The van der Waals surface area contributed by atoms with Crippen LogP contribution in [0.4, 0.5) is 5.82 Å². The summed E-state index contributed by atoms with van der Waals surface area (Å²) in [5, 5.41) is 13.9. The maximum atomic E-state index is 9.50. The molecular weight excluding hydrogens is 214 g/mol. The number of aryl methyl sites for hydroxylation is 2. The Balaban J connectivity index is 2.33. The minimum Gasteiger partial charge on any atom is -0.391 e. The van der Waals surface area contributed by atoms with Gasteiger partial charge in [-0.2, -0.15) is 5.10 Å². The number of aliphatic hydroxyl groups excluding tert-OH is 1. The number of anilines is 1. The predicted octanol–water partition coefficient (Wildman–Crippen LogP) is 1.85. The summed E-state index contributed by atoms with van der Waals surface area (Å²) in [5.74, 6) is 1.90. The van der Waals surface area contributed by atoms with Crippen LogP contribution in [0.25, 0.3) is 0 Å². The van der Waals surface area contributed by atoms with Gasteiger partial charge in [0.15, 0.2) is 0 Å². The minimum absolute atomic E-state index is 0.0772. The minimum atomic E-state index is 0.0772. The number of piperidine rings is 1. The van der Waals surface area contributed by atoms with Crippen molar-refractivity contribution in [2.24, 2.45) is 13.0 Å². The summed E-state index contributed by atoms with van der Waals surface area (Å²) in [7, 11) is 1.96. The highest BCUT2D eigenvalue weighted by Crippen LogP contribution is 2.31. The van der Waals surface area contributed by atoms with Crippen molar-refractivity contribution in [3.63, 3.8) is 0 Å². The Morgan fingerprint density at radius 1 is 1.41 bits per heavy atom. The molecule has 0 radical (unpaired) electrons. The van der Waals surface area contributed by atoms with Crippen LogP contribution >= 0.6 is 0 Å². The molecule has 0 amide bonds. The van der Waals surface area contributed by atoms with Gasteiger partial charge in [-0.1, -0.05) is 6.92 Å². The Morgan fingerprint density at radius 3 is 2.71 bits per heavy atom. The maximum absolute atomic E-state index is 9.50. The summed E-state index contributed by atoms with van der Waals surface area (Å²) in [6.45, 7) is 7.68. The molecule has 2 rings (SSSR count). The summed E-state index contributed by atoms with van der Waals surface area (Å²) in [6, 6.07) is 0.527. The quantitative estimate of drug-likeness (QED) is 0.853. The molecule has 4 nitrogen and oxygen atoms in total. The molecule has 0 aromatic carbocycles. The van der Waals surface area contributed by atoms with E-state index in [9.17, 15) is 5.11 Å². The first-order valence-electron chi connectivity index (χ1n) is 6.44. The zero-order valence-corrected chi connectivity index (χ0v) is 11.3. The molecule has 2 atom stereocenters. The molecule has 0 spiro atoms. The fraction of sp³-hybridized carbons (Fsp3) is 0.769. The van der Waals surface area contributed by atoms with E-state index in [4.69, 9.17) is 0 Å². The van der Waals surface area contributed by atoms with Crippen LogP contribution in [0.2, 0.25) is 0 Å². The number of rotatable bonds is 2. The van der Waals surface area contributed by atoms with Crippen LogP contribution in [0.1, 0.15) is 37.9 Å². The molecule has 1 aromatic rings. The van der Waals surface area contributed by atoms with E-state index in [0.29, 0.717) is 6.04 Å². The molecule has 1 N–H and O–H groups in total. The number of aliphatic hydroxyl groups is 1. The standard InChI is InChI=1S/C13H23N3O/c1-9-5-6-16(10(2)7-9)13-12(8-17)11(3)14-15(13)4/h9-10,17H,5-8H2,1-4H3. The first kappa shape index (κ1) is 12.4. The van der Waals surface area contributed by atoms with Gasteiger partial charge in [0.1, 0.15) is 5.82 Å². The Morgan fingerprint density at radius 2 is 2.12 bits per heavy atom. The topological polar surface area (TPSA) is 41.3 Å². The Labute approximate surface area is 103 Å². The molecule has 1 saturated heterocycles. The second kappa shape index (κ2) is 4.69. The van der Waals surface area contributed by atoms with Crippen molar-refractivity contribution in [1.29, 1.82) is 0 Å². The van der Waals surface area contributed by atoms with E-state index in [1.807, 2.05) is 18.7 Å². The van der Waals surface area contributed by atoms with Crippen LogP contribution in [-0.4, -0.2) is 27.5 Å². The van der Waals surface area contributed by atoms with Gasteiger partial charge in [0.2, 0.25) is 0 Å². The summed E-state index contributed by atoms with van der Waals surface area (Å²) in [6.07, 6.45) is 2.44.